The molecule has 3 aromatic rings. The molecule has 5 heteroatoms. The summed E-state index contributed by atoms with van der Waals surface area (Å²) in [5.41, 5.74) is 3.46. The van der Waals surface area contributed by atoms with E-state index in [0.29, 0.717) is 23.3 Å². The van der Waals surface area contributed by atoms with E-state index < -0.39 is 0 Å². The minimum absolute atomic E-state index is 0.0441. The Morgan fingerprint density at radius 2 is 1.86 bits per heavy atom. The van der Waals surface area contributed by atoms with Crippen molar-refractivity contribution in [1.82, 2.24) is 5.32 Å². The van der Waals surface area contributed by atoms with E-state index in [1.54, 1.807) is 0 Å². The summed E-state index contributed by atoms with van der Waals surface area (Å²) in [7, 11) is 0. The van der Waals surface area contributed by atoms with Crippen LogP contribution in [0.3, 0.4) is 0 Å². The lowest BCUT2D eigenvalue weighted by Gasteiger charge is -2.15. The number of hydrogen-bond acceptors (Lipinski definition) is 4. The van der Waals surface area contributed by atoms with Gasteiger partial charge < -0.3 is 14.5 Å². The number of aryl methyl sites for hydroxylation is 2. The van der Waals surface area contributed by atoms with Crippen molar-refractivity contribution in [3.05, 3.63) is 75.1 Å². The van der Waals surface area contributed by atoms with Gasteiger partial charge in [0.05, 0.1) is 5.39 Å². The number of carbonyl (C=O) groups excluding carboxylic acids is 1. The van der Waals surface area contributed by atoms with Gasteiger partial charge in [-0.05, 0) is 56.5 Å². The molecule has 1 N–H and O–H groups in total. The molecule has 146 valence electrons. The first-order valence-corrected chi connectivity index (χ1v) is 9.38. The van der Waals surface area contributed by atoms with Crippen LogP contribution in [0.15, 0.2) is 51.7 Å². The van der Waals surface area contributed by atoms with Gasteiger partial charge in [0.25, 0.3) is 5.91 Å². The van der Waals surface area contributed by atoms with E-state index in [1.165, 1.54) is 0 Å². The summed E-state index contributed by atoms with van der Waals surface area (Å²) in [6.45, 7) is 7.49. The summed E-state index contributed by atoms with van der Waals surface area (Å²) in [4.78, 5) is 24.6. The molecule has 0 aliphatic carbocycles. The third-order valence-corrected chi connectivity index (χ3v) is 4.52. The minimum atomic E-state index is -0.344. The van der Waals surface area contributed by atoms with Crippen molar-refractivity contribution in [2.45, 2.75) is 40.2 Å². The number of amides is 1. The first-order chi connectivity index (χ1) is 13.3. The standard InChI is InChI=1S/C23H25NO4/c1-14(2)24-21(25)13-27-19-10-15(3)11-20-22(19)16(4)18(23(26)28-20)12-17-8-6-5-7-9-17/h5-11,14H,12-13H2,1-4H3,(H,24,25). The Hall–Kier alpha value is -3.08. The molecular formula is C23H25NO4. The fourth-order valence-corrected chi connectivity index (χ4v) is 3.26. The molecule has 0 aliphatic heterocycles. The number of fused-ring (bicyclic) bond motifs is 1. The summed E-state index contributed by atoms with van der Waals surface area (Å²) in [5, 5.41) is 3.54. The monoisotopic (exact) mass is 379 g/mol. The van der Waals surface area contributed by atoms with Crippen molar-refractivity contribution < 1.29 is 13.9 Å². The highest BCUT2D eigenvalue weighted by atomic mass is 16.5. The van der Waals surface area contributed by atoms with Crippen molar-refractivity contribution in [2.24, 2.45) is 0 Å². The van der Waals surface area contributed by atoms with Crippen molar-refractivity contribution >= 4 is 16.9 Å². The molecule has 0 atom stereocenters. The number of nitrogens with one attached hydrogen (secondary N) is 1. The smallest absolute Gasteiger partial charge is 0.340 e. The van der Waals surface area contributed by atoms with Gasteiger partial charge in [-0.25, -0.2) is 4.79 Å². The zero-order valence-electron chi connectivity index (χ0n) is 16.7. The van der Waals surface area contributed by atoms with Crippen LogP contribution in [0, 0.1) is 13.8 Å². The van der Waals surface area contributed by atoms with Gasteiger partial charge >= 0.3 is 5.63 Å². The summed E-state index contributed by atoms with van der Waals surface area (Å²) >= 11 is 0. The summed E-state index contributed by atoms with van der Waals surface area (Å²) < 4.78 is 11.4. The lowest BCUT2D eigenvalue weighted by Crippen LogP contribution is -2.34. The molecule has 1 heterocycles. The van der Waals surface area contributed by atoms with Gasteiger partial charge in [-0.3, -0.25) is 4.79 Å². The lowest BCUT2D eigenvalue weighted by atomic mass is 9.98. The van der Waals surface area contributed by atoms with E-state index in [0.717, 1.165) is 22.1 Å². The van der Waals surface area contributed by atoms with E-state index in [2.05, 4.69) is 5.32 Å². The largest absolute Gasteiger partial charge is 0.483 e. The topological polar surface area (TPSA) is 68.5 Å². The molecular weight excluding hydrogens is 354 g/mol. The van der Waals surface area contributed by atoms with Crippen LogP contribution >= 0.6 is 0 Å². The predicted molar refractivity (Wildman–Crippen MR) is 110 cm³/mol. The third kappa shape index (κ3) is 4.42. The lowest BCUT2D eigenvalue weighted by molar-refractivity contribution is -0.123. The highest BCUT2D eigenvalue weighted by Gasteiger charge is 2.17. The molecule has 0 radical (unpaired) electrons. The second kappa shape index (κ2) is 8.30. The summed E-state index contributed by atoms with van der Waals surface area (Å²) in [6, 6.07) is 13.5. The second-order valence-corrected chi connectivity index (χ2v) is 7.30. The van der Waals surface area contributed by atoms with E-state index in [9.17, 15) is 9.59 Å². The highest BCUT2D eigenvalue weighted by Crippen LogP contribution is 2.31. The Morgan fingerprint density at radius 1 is 1.14 bits per heavy atom. The maximum atomic E-state index is 12.6. The average molecular weight is 379 g/mol. The molecule has 0 unspecified atom stereocenters. The maximum absolute atomic E-state index is 12.6. The minimum Gasteiger partial charge on any atom is -0.483 e. The van der Waals surface area contributed by atoms with E-state index in [1.807, 2.05) is 70.2 Å². The maximum Gasteiger partial charge on any atom is 0.340 e. The van der Waals surface area contributed by atoms with Crippen LogP contribution in [0.2, 0.25) is 0 Å². The zero-order valence-corrected chi connectivity index (χ0v) is 16.7. The first kappa shape index (κ1) is 19.7. The van der Waals surface area contributed by atoms with E-state index >= 15 is 0 Å². The normalized spacial score (nSPS) is 11.0. The first-order valence-electron chi connectivity index (χ1n) is 9.38. The van der Waals surface area contributed by atoms with Crippen molar-refractivity contribution in [3.63, 3.8) is 0 Å². The molecule has 0 saturated carbocycles. The fourth-order valence-electron chi connectivity index (χ4n) is 3.26. The van der Waals surface area contributed by atoms with Crippen LogP contribution in [0.4, 0.5) is 0 Å². The molecule has 1 amide bonds. The Bertz CT molecular complexity index is 1050. The molecule has 0 fully saturated rings. The molecule has 0 saturated heterocycles. The molecule has 0 aliphatic rings. The molecule has 2 aromatic carbocycles. The second-order valence-electron chi connectivity index (χ2n) is 7.30. The van der Waals surface area contributed by atoms with Crippen LogP contribution in [0.1, 0.15) is 36.1 Å². The number of rotatable bonds is 6. The average Bonchev–Trinajstić information content (AvgIpc) is 2.63. The molecule has 0 bridgehead atoms. The van der Waals surface area contributed by atoms with Gasteiger partial charge in [0.15, 0.2) is 6.61 Å². The molecule has 3 rings (SSSR count). The van der Waals surface area contributed by atoms with Gasteiger partial charge in [-0.15, -0.1) is 0 Å². The number of hydrogen-bond donors (Lipinski definition) is 1. The Balaban J connectivity index is 2.02. The number of ether oxygens (including phenoxy) is 1. The quantitative estimate of drug-likeness (QED) is 0.660. The van der Waals surface area contributed by atoms with Crippen molar-refractivity contribution in [2.75, 3.05) is 6.61 Å². The Kier molecular flexibility index (Phi) is 5.83. The molecule has 0 spiro atoms. The SMILES string of the molecule is Cc1cc(OCC(=O)NC(C)C)c2c(C)c(Cc3ccccc3)c(=O)oc2c1. The Morgan fingerprint density at radius 3 is 2.54 bits per heavy atom. The van der Waals surface area contributed by atoms with Gasteiger partial charge in [-0.2, -0.15) is 0 Å². The fraction of sp³-hybridized carbons (Fsp3) is 0.304. The van der Waals surface area contributed by atoms with Crippen LogP contribution in [-0.4, -0.2) is 18.6 Å². The van der Waals surface area contributed by atoms with Gasteiger partial charge in [-0.1, -0.05) is 30.3 Å². The van der Waals surface area contributed by atoms with E-state index in [-0.39, 0.29) is 24.2 Å². The number of benzene rings is 2. The van der Waals surface area contributed by atoms with Crippen LogP contribution in [-0.2, 0) is 11.2 Å². The van der Waals surface area contributed by atoms with Crippen LogP contribution in [0.5, 0.6) is 5.75 Å². The molecule has 28 heavy (non-hydrogen) atoms. The van der Waals surface area contributed by atoms with Crippen molar-refractivity contribution in [1.29, 1.82) is 0 Å². The highest BCUT2D eigenvalue weighted by molar-refractivity contribution is 5.89. The predicted octanol–water partition coefficient (Wildman–Crippen LogP) is 3.90. The Labute approximate surface area is 164 Å². The summed E-state index contributed by atoms with van der Waals surface area (Å²) in [6.07, 6.45) is 0.478. The van der Waals surface area contributed by atoms with Crippen LogP contribution < -0.4 is 15.7 Å². The third-order valence-electron chi connectivity index (χ3n) is 4.52. The van der Waals surface area contributed by atoms with Gasteiger partial charge in [0.2, 0.25) is 0 Å². The van der Waals surface area contributed by atoms with Crippen LogP contribution in [0.25, 0.3) is 11.0 Å². The van der Waals surface area contributed by atoms with Gasteiger partial charge in [0, 0.05) is 18.0 Å². The zero-order chi connectivity index (χ0) is 20.3. The summed E-state index contributed by atoms with van der Waals surface area (Å²) in [5.74, 6) is 0.355. The number of carbonyl (C=O) groups is 1. The van der Waals surface area contributed by atoms with E-state index in [4.69, 9.17) is 9.15 Å². The van der Waals surface area contributed by atoms with Gasteiger partial charge in [0.1, 0.15) is 11.3 Å². The molecule has 1 aromatic heterocycles. The molecule has 5 nitrogen and oxygen atoms in total. The van der Waals surface area contributed by atoms with Crippen molar-refractivity contribution in [3.8, 4) is 5.75 Å².